The van der Waals surface area contributed by atoms with Crippen LogP contribution in [0.25, 0.3) is 10.9 Å². The largest absolute Gasteiger partial charge is 0.440 e. The number of benzene rings is 1. The molecule has 0 fully saturated rings. The number of nitrogens with one attached hydrogen (secondary N) is 1. The van der Waals surface area contributed by atoms with Gasteiger partial charge in [-0.15, -0.1) is 0 Å². The third kappa shape index (κ3) is 4.62. The zero-order chi connectivity index (χ0) is 15.3. The Kier molecular flexibility index (Phi) is 4.62. The van der Waals surface area contributed by atoms with E-state index in [0.29, 0.717) is 6.42 Å². The number of para-hydroxylation sites is 1. The number of amides is 1. The van der Waals surface area contributed by atoms with Crippen LogP contribution >= 0.6 is 0 Å². The molecule has 1 aromatic heterocycles. The van der Waals surface area contributed by atoms with Gasteiger partial charge in [-0.1, -0.05) is 24.3 Å². The second-order valence-corrected chi connectivity index (χ2v) is 4.36. The summed E-state index contributed by atoms with van der Waals surface area (Å²) in [6.07, 6.45) is -3.48. The van der Waals surface area contributed by atoms with E-state index in [1.165, 1.54) is 0 Å². The number of carbonyl (C=O) groups excluding carboxylic acids is 1. The van der Waals surface area contributed by atoms with Gasteiger partial charge in [0.25, 0.3) is 0 Å². The SMILES string of the molecule is O=C(NCCc1cccc2cccnc12)OCC(F)(F)F. The molecular formula is C14H13F3N2O2. The van der Waals surface area contributed by atoms with E-state index in [0.717, 1.165) is 16.5 Å². The van der Waals surface area contributed by atoms with E-state index < -0.39 is 18.9 Å². The van der Waals surface area contributed by atoms with Gasteiger partial charge in [-0.25, -0.2) is 4.79 Å². The molecule has 1 N–H and O–H groups in total. The Bertz CT molecular complexity index is 624. The number of rotatable bonds is 4. The molecule has 7 heteroatoms. The van der Waals surface area contributed by atoms with Crippen molar-refractivity contribution in [3.05, 3.63) is 42.1 Å². The lowest BCUT2D eigenvalue weighted by Gasteiger charge is -2.09. The minimum Gasteiger partial charge on any atom is -0.440 e. The maximum Gasteiger partial charge on any atom is 0.422 e. The van der Waals surface area contributed by atoms with Crippen LogP contribution in [0, 0.1) is 0 Å². The molecule has 2 rings (SSSR count). The topological polar surface area (TPSA) is 51.2 Å². The summed E-state index contributed by atoms with van der Waals surface area (Å²) in [5, 5.41) is 3.25. The molecule has 0 bridgehead atoms. The molecule has 21 heavy (non-hydrogen) atoms. The van der Waals surface area contributed by atoms with Crippen molar-refractivity contribution in [3.63, 3.8) is 0 Å². The number of fused-ring (bicyclic) bond motifs is 1. The van der Waals surface area contributed by atoms with Crippen molar-refractivity contribution in [2.75, 3.05) is 13.2 Å². The second kappa shape index (κ2) is 6.43. The fraction of sp³-hybridized carbons (Fsp3) is 0.286. The average Bonchev–Trinajstić information content (AvgIpc) is 2.45. The first-order chi connectivity index (χ1) is 9.96. The van der Waals surface area contributed by atoms with Gasteiger partial charge in [0, 0.05) is 18.1 Å². The molecule has 0 aliphatic heterocycles. The third-order valence-corrected chi connectivity index (χ3v) is 2.75. The van der Waals surface area contributed by atoms with Crippen molar-refractivity contribution in [1.82, 2.24) is 10.3 Å². The number of nitrogens with zero attached hydrogens (tertiary/aromatic N) is 1. The van der Waals surface area contributed by atoms with Crippen LogP contribution in [0.1, 0.15) is 5.56 Å². The first-order valence-corrected chi connectivity index (χ1v) is 6.26. The Morgan fingerprint density at radius 3 is 2.76 bits per heavy atom. The molecule has 0 saturated heterocycles. The van der Waals surface area contributed by atoms with Crippen LogP contribution in [0.15, 0.2) is 36.5 Å². The first-order valence-electron chi connectivity index (χ1n) is 6.26. The van der Waals surface area contributed by atoms with Gasteiger partial charge in [0.15, 0.2) is 6.61 Å². The highest BCUT2D eigenvalue weighted by Crippen LogP contribution is 2.16. The maximum atomic E-state index is 11.9. The molecule has 0 aliphatic rings. The summed E-state index contributed by atoms with van der Waals surface area (Å²) < 4.78 is 39.6. The molecule has 4 nitrogen and oxygen atoms in total. The van der Waals surface area contributed by atoms with Gasteiger partial charge in [0.05, 0.1) is 5.52 Å². The van der Waals surface area contributed by atoms with E-state index in [2.05, 4.69) is 15.0 Å². The van der Waals surface area contributed by atoms with Crippen molar-refractivity contribution in [1.29, 1.82) is 0 Å². The standard InChI is InChI=1S/C14H13F3N2O2/c15-14(16,17)9-21-13(20)19-8-6-11-4-1-3-10-5-2-7-18-12(10)11/h1-5,7H,6,8-9H2,(H,19,20). The lowest BCUT2D eigenvalue weighted by molar-refractivity contribution is -0.160. The molecule has 0 atom stereocenters. The van der Waals surface area contributed by atoms with Gasteiger partial charge in [-0.3, -0.25) is 4.98 Å². The molecule has 1 heterocycles. The van der Waals surface area contributed by atoms with Gasteiger partial charge >= 0.3 is 12.3 Å². The highest BCUT2D eigenvalue weighted by Gasteiger charge is 2.29. The molecule has 112 valence electrons. The quantitative estimate of drug-likeness (QED) is 0.943. The van der Waals surface area contributed by atoms with E-state index in [-0.39, 0.29) is 6.54 Å². The number of pyridine rings is 1. The van der Waals surface area contributed by atoms with Crippen LogP contribution in [0.5, 0.6) is 0 Å². The first kappa shape index (κ1) is 15.1. The van der Waals surface area contributed by atoms with Gasteiger partial charge in [-0.2, -0.15) is 13.2 Å². The summed E-state index contributed by atoms with van der Waals surface area (Å²) in [4.78, 5) is 15.3. The summed E-state index contributed by atoms with van der Waals surface area (Å²) >= 11 is 0. The number of carbonyl (C=O) groups is 1. The number of hydrogen-bond acceptors (Lipinski definition) is 3. The number of aromatic nitrogens is 1. The summed E-state index contributed by atoms with van der Waals surface area (Å²) in [6, 6.07) is 9.37. The molecule has 0 spiro atoms. The maximum absolute atomic E-state index is 11.9. The molecule has 0 radical (unpaired) electrons. The Hall–Kier alpha value is -2.31. The summed E-state index contributed by atoms with van der Waals surface area (Å²) in [6.45, 7) is -1.42. The minimum atomic E-state index is -4.52. The van der Waals surface area contributed by atoms with Gasteiger partial charge in [0.1, 0.15) is 0 Å². The number of alkyl carbamates (subject to hydrolysis) is 1. The summed E-state index contributed by atoms with van der Waals surface area (Å²) in [7, 11) is 0. The van der Waals surface area contributed by atoms with Crippen LogP contribution in [-0.2, 0) is 11.2 Å². The lowest BCUT2D eigenvalue weighted by atomic mass is 10.1. The van der Waals surface area contributed by atoms with E-state index in [1.54, 1.807) is 6.20 Å². The molecule has 0 aliphatic carbocycles. The average molecular weight is 298 g/mol. The Labute approximate surface area is 118 Å². The van der Waals surface area contributed by atoms with E-state index >= 15 is 0 Å². The minimum absolute atomic E-state index is 0.173. The molecule has 0 saturated carbocycles. The van der Waals surface area contributed by atoms with E-state index in [9.17, 15) is 18.0 Å². The monoisotopic (exact) mass is 298 g/mol. The number of halogens is 3. The highest BCUT2D eigenvalue weighted by molar-refractivity contribution is 5.81. The molecular weight excluding hydrogens is 285 g/mol. The van der Waals surface area contributed by atoms with Crippen LogP contribution in [-0.4, -0.2) is 30.4 Å². The Morgan fingerprint density at radius 1 is 1.24 bits per heavy atom. The Balaban J connectivity index is 1.87. The van der Waals surface area contributed by atoms with Crippen LogP contribution in [0.3, 0.4) is 0 Å². The molecule has 2 aromatic rings. The van der Waals surface area contributed by atoms with Gasteiger partial charge in [-0.05, 0) is 18.1 Å². The zero-order valence-electron chi connectivity index (χ0n) is 11.0. The number of alkyl halides is 3. The Morgan fingerprint density at radius 2 is 2.00 bits per heavy atom. The van der Waals surface area contributed by atoms with Crippen LogP contribution in [0.2, 0.25) is 0 Å². The van der Waals surface area contributed by atoms with Crippen LogP contribution in [0.4, 0.5) is 18.0 Å². The summed E-state index contributed by atoms with van der Waals surface area (Å²) in [5.41, 5.74) is 1.72. The third-order valence-electron chi connectivity index (χ3n) is 2.75. The van der Waals surface area contributed by atoms with Crippen molar-refractivity contribution in [3.8, 4) is 0 Å². The second-order valence-electron chi connectivity index (χ2n) is 4.36. The van der Waals surface area contributed by atoms with Crippen LogP contribution < -0.4 is 5.32 Å². The fourth-order valence-corrected chi connectivity index (χ4v) is 1.87. The lowest BCUT2D eigenvalue weighted by Crippen LogP contribution is -2.30. The number of ether oxygens (including phenoxy) is 1. The highest BCUT2D eigenvalue weighted by atomic mass is 19.4. The van der Waals surface area contributed by atoms with Gasteiger partial charge < -0.3 is 10.1 Å². The summed E-state index contributed by atoms with van der Waals surface area (Å²) in [5.74, 6) is 0. The predicted molar refractivity (Wildman–Crippen MR) is 70.9 cm³/mol. The van der Waals surface area contributed by atoms with E-state index in [1.807, 2.05) is 30.3 Å². The van der Waals surface area contributed by atoms with Crippen molar-refractivity contribution in [2.45, 2.75) is 12.6 Å². The molecule has 0 unspecified atom stereocenters. The molecule has 1 amide bonds. The fourth-order valence-electron chi connectivity index (χ4n) is 1.87. The van der Waals surface area contributed by atoms with Gasteiger partial charge in [0.2, 0.25) is 0 Å². The smallest absolute Gasteiger partial charge is 0.422 e. The zero-order valence-corrected chi connectivity index (χ0v) is 11.0. The predicted octanol–water partition coefficient (Wildman–Crippen LogP) is 3.07. The van der Waals surface area contributed by atoms with E-state index in [4.69, 9.17) is 0 Å². The van der Waals surface area contributed by atoms with Crippen molar-refractivity contribution in [2.24, 2.45) is 0 Å². The van der Waals surface area contributed by atoms with Crippen molar-refractivity contribution < 1.29 is 22.7 Å². The number of hydrogen-bond donors (Lipinski definition) is 1. The molecule has 1 aromatic carbocycles. The van der Waals surface area contributed by atoms with Crippen molar-refractivity contribution >= 4 is 17.0 Å². The normalized spacial score (nSPS) is 11.4.